The number of ether oxygens (including phenoxy) is 2. The highest BCUT2D eigenvalue weighted by Crippen LogP contribution is 2.15. The molecule has 0 radical (unpaired) electrons. The Hall–Kier alpha value is -0.200. The molecule has 1 aliphatic heterocycles. The van der Waals surface area contributed by atoms with Crippen LogP contribution in [0.5, 0.6) is 0 Å². The largest absolute Gasteiger partial charge is 0.371 e. The van der Waals surface area contributed by atoms with Crippen LogP contribution in [0.2, 0.25) is 0 Å². The van der Waals surface area contributed by atoms with E-state index in [-0.39, 0.29) is 6.10 Å². The Morgan fingerprint density at radius 3 is 2.50 bits per heavy atom. The predicted molar refractivity (Wildman–Crippen MR) is 39.2 cm³/mol. The van der Waals surface area contributed by atoms with E-state index in [4.69, 9.17) is 24.8 Å². The van der Waals surface area contributed by atoms with Crippen LogP contribution in [-0.4, -0.2) is 46.7 Å². The summed E-state index contributed by atoms with van der Waals surface area (Å²) >= 11 is 0. The quantitative estimate of drug-likeness (QED) is 0.364. The summed E-state index contributed by atoms with van der Waals surface area (Å²) in [5, 5.41) is 26.3. The van der Waals surface area contributed by atoms with Crippen LogP contribution in [0.15, 0.2) is 0 Å². The summed E-state index contributed by atoms with van der Waals surface area (Å²) in [7, 11) is 0. The molecule has 12 heavy (non-hydrogen) atoms. The van der Waals surface area contributed by atoms with Crippen molar-refractivity contribution in [2.45, 2.75) is 31.5 Å². The maximum atomic E-state index is 8.76. The lowest BCUT2D eigenvalue weighted by molar-refractivity contribution is -0.361. The monoisotopic (exact) mass is 178 g/mol. The number of aliphatic hydroxyl groups is 3. The third kappa shape index (κ3) is 3.04. The first kappa shape index (κ1) is 9.88. The molecule has 0 spiro atoms. The fraction of sp³-hybridized carbons (Fsp3) is 1.00. The lowest BCUT2D eigenvalue weighted by Gasteiger charge is -2.24. The van der Waals surface area contributed by atoms with Crippen LogP contribution < -0.4 is 0 Å². The Morgan fingerprint density at radius 2 is 2.17 bits per heavy atom. The zero-order valence-electron chi connectivity index (χ0n) is 6.93. The molecule has 2 unspecified atom stereocenters. The standard InChI is InChI=1S/C7H14O5/c1-2-6(7(8,9)10)12-4-5-3-11-5/h5-6,8-10H,2-4H2,1H3. The first-order valence-electron chi connectivity index (χ1n) is 3.94. The van der Waals surface area contributed by atoms with Gasteiger partial charge in [0.15, 0.2) is 0 Å². The fourth-order valence-electron chi connectivity index (χ4n) is 0.891. The van der Waals surface area contributed by atoms with Crippen molar-refractivity contribution in [3.63, 3.8) is 0 Å². The zero-order chi connectivity index (χ0) is 9.19. The number of epoxide rings is 1. The van der Waals surface area contributed by atoms with Gasteiger partial charge in [-0.3, -0.25) is 0 Å². The summed E-state index contributed by atoms with van der Waals surface area (Å²) < 4.78 is 9.85. The van der Waals surface area contributed by atoms with Crippen LogP contribution in [0.1, 0.15) is 13.3 Å². The molecular weight excluding hydrogens is 164 g/mol. The van der Waals surface area contributed by atoms with Crippen LogP contribution >= 0.6 is 0 Å². The van der Waals surface area contributed by atoms with Gasteiger partial charge in [-0.1, -0.05) is 6.92 Å². The minimum Gasteiger partial charge on any atom is -0.371 e. The molecule has 1 aliphatic rings. The van der Waals surface area contributed by atoms with E-state index in [0.717, 1.165) is 0 Å². The second-order valence-electron chi connectivity index (χ2n) is 2.87. The first-order valence-corrected chi connectivity index (χ1v) is 3.94. The van der Waals surface area contributed by atoms with Crippen molar-refractivity contribution in [3.8, 4) is 0 Å². The van der Waals surface area contributed by atoms with Gasteiger partial charge in [-0.05, 0) is 6.42 Å². The summed E-state index contributed by atoms with van der Waals surface area (Å²) in [6, 6.07) is 0. The molecule has 72 valence electrons. The second-order valence-corrected chi connectivity index (χ2v) is 2.87. The summed E-state index contributed by atoms with van der Waals surface area (Å²) in [5.74, 6) is -2.75. The van der Waals surface area contributed by atoms with Gasteiger partial charge >= 0.3 is 5.97 Å². The molecule has 0 aromatic heterocycles. The second kappa shape index (κ2) is 3.68. The van der Waals surface area contributed by atoms with Crippen LogP contribution in [-0.2, 0) is 9.47 Å². The molecule has 0 aromatic rings. The zero-order valence-corrected chi connectivity index (χ0v) is 6.93. The van der Waals surface area contributed by atoms with E-state index in [2.05, 4.69) is 0 Å². The lowest BCUT2D eigenvalue weighted by atomic mass is 10.2. The molecule has 1 fully saturated rings. The minimum atomic E-state index is -2.75. The van der Waals surface area contributed by atoms with E-state index in [9.17, 15) is 0 Å². The smallest absolute Gasteiger partial charge is 0.303 e. The molecule has 5 nitrogen and oxygen atoms in total. The van der Waals surface area contributed by atoms with Gasteiger partial charge in [-0.15, -0.1) is 0 Å². The maximum absolute atomic E-state index is 8.76. The van der Waals surface area contributed by atoms with Crippen LogP contribution in [0.4, 0.5) is 0 Å². The van der Waals surface area contributed by atoms with E-state index in [1.54, 1.807) is 6.92 Å². The first-order chi connectivity index (χ1) is 5.54. The van der Waals surface area contributed by atoms with E-state index in [1.807, 2.05) is 0 Å². The Morgan fingerprint density at radius 1 is 1.58 bits per heavy atom. The molecule has 2 atom stereocenters. The van der Waals surface area contributed by atoms with Gasteiger partial charge in [0.2, 0.25) is 0 Å². The molecule has 1 heterocycles. The third-order valence-electron chi connectivity index (χ3n) is 1.69. The summed E-state index contributed by atoms with van der Waals surface area (Å²) in [4.78, 5) is 0. The Balaban J connectivity index is 2.23. The van der Waals surface area contributed by atoms with Gasteiger partial charge < -0.3 is 24.8 Å². The maximum Gasteiger partial charge on any atom is 0.303 e. The van der Waals surface area contributed by atoms with E-state index >= 15 is 0 Å². The van der Waals surface area contributed by atoms with Crippen LogP contribution in [0.25, 0.3) is 0 Å². The number of hydrogen-bond donors (Lipinski definition) is 3. The van der Waals surface area contributed by atoms with Gasteiger partial charge in [0.05, 0.1) is 13.2 Å². The Bertz CT molecular complexity index is 137. The molecule has 0 amide bonds. The molecule has 5 heteroatoms. The van der Waals surface area contributed by atoms with E-state index in [1.165, 1.54) is 0 Å². The van der Waals surface area contributed by atoms with Crippen molar-refractivity contribution in [3.05, 3.63) is 0 Å². The van der Waals surface area contributed by atoms with Crippen molar-refractivity contribution in [2.75, 3.05) is 13.2 Å². The normalized spacial score (nSPS) is 25.5. The fourth-order valence-corrected chi connectivity index (χ4v) is 0.891. The van der Waals surface area contributed by atoms with Gasteiger partial charge in [-0.25, -0.2) is 0 Å². The lowest BCUT2D eigenvalue weighted by Crippen LogP contribution is -2.43. The molecule has 3 N–H and O–H groups in total. The van der Waals surface area contributed by atoms with Gasteiger partial charge in [0.25, 0.3) is 0 Å². The van der Waals surface area contributed by atoms with Crippen LogP contribution in [0.3, 0.4) is 0 Å². The highest BCUT2D eigenvalue weighted by atomic mass is 16.7. The summed E-state index contributed by atoms with van der Waals surface area (Å²) in [5.41, 5.74) is 0. The van der Waals surface area contributed by atoms with E-state index < -0.39 is 12.1 Å². The molecule has 1 saturated heterocycles. The minimum absolute atomic E-state index is 0.0569. The van der Waals surface area contributed by atoms with Gasteiger partial charge in [-0.2, -0.15) is 0 Å². The van der Waals surface area contributed by atoms with Crippen molar-refractivity contribution in [1.29, 1.82) is 0 Å². The van der Waals surface area contributed by atoms with Crippen molar-refractivity contribution < 1.29 is 24.8 Å². The van der Waals surface area contributed by atoms with Crippen molar-refractivity contribution >= 4 is 0 Å². The highest BCUT2D eigenvalue weighted by molar-refractivity contribution is 4.71. The molecule has 0 aliphatic carbocycles. The predicted octanol–water partition coefficient (Wildman–Crippen LogP) is -1.19. The van der Waals surface area contributed by atoms with Gasteiger partial charge in [0, 0.05) is 0 Å². The molecule has 0 bridgehead atoms. The average molecular weight is 178 g/mol. The number of hydrogen-bond acceptors (Lipinski definition) is 5. The highest BCUT2D eigenvalue weighted by Gasteiger charge is 2.34. The Kier molecular flexibility index (Phi) is 3.03. The molecular formula is C7H14O5. The third-order valence-corrected chi connectivity index (χ3v) is 1.69. The topological polar surface area (TPSA) is 82.5 Å². The van der Waals surface area contributed by atoms with Crippen LogP contribution in [0, 0.1) is 0 Å². The SMILES string of the molecule is CCC(OCC1CO1)C(O)(O)O. The Labute approximate surface area is 70.5 Å². The average Bonchev–Trinajstić information content (AvgIpc) is 2.69. The van der Waals surface area contributed by atoms with Crippen molar-refractivity contribution in [1.82, 2.24) is 0 Å². The van der Waals surface area contributed by atoms with E-state index in [0.29, 0.717) is 19.6 Å². The summed E-state index contributed by atoms with van der Waals surface area (Å²) in [6.07, 6.45) is -0.584. The molecule has 1 rings (SSSR count). The molecule has 0 saturated carbocycles. The summed E-state index contributed by atoms with van der Waals surface area (Å²) in [6.45, 7) is 2.63. The van der Waals surface area contributed by atoms with Crippen molar-refractivity contribution in [2.24, 2.45) is 0 Å². The van der Waals surface area contributed by atoms with Gasteiger partial charge in [0.1, 0.15) is 12.2 Å². The molecule has 0 aromatic carbocycles. The number of rotatable bonds is 5.